The Morgan fingerprint density at radius 2 is 1.91 bits per heavy atom. The van der Waals surface area contributed by atoms with Gasteiger partial charge in [0.1, 0.15) is 17.3 Å². The lowest BCUT2D eigenvalue weighted by molar-refractivity contribution is -0.124. The molecule has 1 aliphatic heterocycles. The molecule has 1 heterocycles. The van der Waals surface area contributed by atoms with Crippen LogP contribution in [0.4, 0.5) is 10.1 Å². The summed E-state index contributed by atoms with van der Waals surface area (Å²) in [5, 5.41) is 0.568. The molecule has 4 rings (SSSR count). The number of benzene rings is 2. The van der Waals surface area contributed by atoms with Gasteiger partial charge in [-0.1, -0.05) is 45.2 Å². The lowest BCUT2D eigenvalue weighted by Gasteiger charge is -2.30. The number of aryl methyl sites for hydroxylation is 1. The van der Waals surface area contributed by atoms with E-state index in [9.17, 15) is 9.18 Å². The zero-order valence-electron chi connectivity index (χ0n) is 19.7. The SMILES string of the molecule is COc1cc(C)c(/C=C2\SC(=Nc3ccccc3F)N(C3CCCCC3)C2=O)cc1C(C)C. The molecule has 0 atom stereocenters. The molecule has 174 valence electrons. The Labute approximate surface area is 199 Å². The van der Waals surface area contributed by atoms with E-state index in [1.807, 2.05) is 24.0 Å². The largest absolute Gasteiger partial charge is 0.496 e. The Balaban J connectivity index is 1.76. The second-order valence-electron chi connectivity index (χ2n) is 9.03. The van der Waals surface area contributed by atoms with E-state index < -0.39 is 0 Å². The first-order chi connectivity index (χ1) is 15.9. The summed E-state index contributed by atoms with van der Waals surface area (Å²) in [6, 6.07) is 10.7. The van der Waals surface area contributed by atoms with Crippen molar-refractivity contribution in [1.29, 1.82) is 0 Å². The van der Waals surface area contributed by atoms with E-state index in [2.05, 4.69) is 24.9 Å². The van der Waals surface area contributed by atoms with Crippen molar-refractivity contribution in [2.75, 3.05) is 7.11 Å². The maximum absolute atomic E-state index is 14.4. The molecule has 0 radical (unpaired) electrons. The quantitative estimate of drug-likeness (QED) is 0.438. The molecular weight excluding hydrogens is 435 g/mol. The first-order valence-electron chi connectivity index (χ1n) is 11.6. The number of hydrogen-bond acceptors (Lipinski definition) is 4. The standard InChI is InChI=1S/C27H31FN2O2S/c1-17(2)21-15-19(18(3)14-24(21)32-4)16-25-26(31)30(20-10-6-5-7-11-20)27(33-25)29-23-13-9-8-12-22(23)28/h8-9,12-17,20H,5-7,10-11H2,1-4H3/b25-16-,29-27?. The van der Waals surface area contributed by atoms with E-state index in [1.54, 1.807) is 25.3 Å². The number of nitrogens with zero attached hydrogens (tertiary/aromatic N) is 2. The van der Waals surface area contributed by atoms with Crippen LogP contribution in [0, 0.1) is 12.7 Å². The highest BCUT2D eigenvalue weighted by atomic mass is 32.2. The molecule has 1 saturated heterocycles. The second-order valence-corrected chi connectivity index (χ2v) is 10.0. The molecule has 4 nitrogen and oxygen atoms in total. The minimum Gasteiger partial charge on any atom is -0.496 e. The van der Waals surface area contributed by atoms with Crippen molar-refractivity contribution < 1.29 is 13.9 Å². The third kappa shape index (κ3) is 5.01. The smallest absolute Gasteiger partial charge is 0.267 e. The van der Waals surface area contributed by atoms with Crippen LogP contribution in [-0.4, -0.2) is 29.1 Å². The van der Waals surface area contributed by atoms with Gasteiger partial charge in [-0.15, -0.1) is 0 Å². The topological polar surface area (TPSA) is 41.9 Å². The summed E-state index contributed by atoms with van der Waals surface area (Å²) in [6.07, 6.45) is 7.25. The highest BCUT2D eigenvalue weighted by Crippen LogP contribution is 2.40. The van der Waals surface area contributed by atoms with Gasteiger partial charge >= 0.3 is 0 Å². The number of thioether (sulfide) groups is 1. The minimum atomic E-state index is -0.383. The van der Waals surface area contributed by atoms with Gasteiger partial charge in [0.05, 0.1) is 12.0 Å². The van der Waals surface area contributed by atoms with Gasteiger partial charge < -0.3 is 4.74 Å². The van der Waals surface area contributed by atoms with Crippen molar-refractivity contribution in [3.63, 3.8) is 0 Å². The lowest BCUT2D eigenvalue weighted by Crippen LogP contribution is -2.40. The van der Waals surface area contributed by atoms with Gasteiger partial charge in [-0.3, -0.25) is 9.69 Å². The monoisotopic (exact) mass is 466 g/mol. The normalized spacial score (nSPS) is 19.8. The molecule has 2 aromatic carbocycles. The molecule has 1 aliphatic carbocycles. The molecule has 33 heavy (non-hydrogen) atoms. The number of methoxy groups -OCH3 is 1. The van der Waals surface area contributed by atoms with E-state index in [0.717, 1.165) is 48.1 Å². The Kier molecular flexibility index (Phi) is 7.23. The first kappa shape index (κ1) is 23.6. The maximum atomic E-state index is 14.4. The van der Waals surface area contributed by atoms with Crippen LogP contribution in [0.25, 0.3) is 6.08 Å². The highest BCUT2D eigenvalue weighted by Gasteiger charge is 2.39. The van der Waals surface area contributed by atoms with Crippen LogP contribution < -0.4 is 4.74 Å². The Hall–Kier alpha value is -2.60. The molecule has 0 aromatic heterocycles. The molecule has 0 bridgehead atoms. The highest BCUT2D eigenvalue weighted by molar-refractivity contribution is 8.18. The summed E-state index contributed by atoms with van der Waals surface area (Å²) in [6.45, 7) is 6.28. The average Bonchev–Trinajstić information content (AvgIpc) is 3.11. The van der Waals surface area contributed by atoms with Crippen molar-refractivity contribution in [2.24, 2.45) is 4.99 Å². The zero-order valence-corrected chi connectivity index (χ0v) is 20.5. The van der Waals surface area contributed by atoms with E-state index in [0.29, 0.717) is 16.0 Å². The third-order valence-corrected chi connectivity index (χ3v) is 7.36. The maximum Gasteiger partial charge on any atom is 0.267 e. The number of amides is 1. The number of halogens is 1. The summed E-state index contributed by atoms with van der Waals surface area (Å²) >= 11 is 1.34. The van der Waals surface area contributed by atoms with Crippen LogP contribution in [0.1, 0.15) is 68.6 Å². The van der Waals surface area contributed by atoms with Gasteiger partial charge in [-0.2, -0.15) is 0 Å². The number of aliphatic imine (C=N–C) groups is 1. The van der Waals surface area contributed by atoms with Crippen LogP contribution in [0.2, 0.25) is 0 Å². The van der Waals surface area contributed by atoms with Crippen molar-refractivity contribution in [3.8, 4) is 5.75 Å². The molecular formula is C27H31FN2O2S. The Bertz CT molecular complexity index is 1100. The average molecular weight is 467 g/mol. The fourth-order valence-electron chi connectivity index (χ4n) is 4.51. The van der Waals surface area contributed by atoms with Crippen LogP contribution >= 0.6 is 11.8 Å². The van der Waals surface area contributed by atoms with Gasteiger partial charge in [-0.05, 0) is 84.5 Å². The Morgan fingerprint density at radius 1 is 1.18 bits per heavy atom. The van der Waals surface area contributed by atoms with E-state index in [4.69, 9.17) is 4.74 Å². The number of amidine groups is 1. The minimum absolute atomic E-state index is 0.0386. The van der Waals surface area contributed by atoms with Gasteiger partial charge in [0.2, 0.25) is 0 Å². The first-order valence-corrected chi connectivity index (χ1v) is 12.5. The number of carbonyl (C=O) groups excluding carboxylic acids is 1. The fourth-order valence-corrected chi connectivity index (χ4v) is 5.55. The summed E-state index contributed by atoms with van der Waals surface area (Å²) in [4.78, 5) is 20.6. The predicted molar refractivity (Wildman–Crippen MR) is 135 cm³/mol. The predicted octanol–water partition coefficient (Wildman–Crippen LogP) is 7.20. The fraction of sp³-hybridized carbons (Fsp3) is 0.407. The van der Waals surface area contributed by atoms with Crippen LogP contribution in [0.3, 0.4) is 0 Å². The molecule has 2 fully saturated rings. The zero-order chi connectivity index (χ0) is 23.5. The van der Waals surface area contributed by atoms with E-state index in [1.165, 1.54) is 24.2 Å². The van der Waals surface area contributed by atoms with Crippen LogP contribution in [0.5, 0.6) is 5.75 Å². The van der Waals surface area contributed by atoms with Crippen molar-refractivity contribution in [3.05, 3.63) is 63.8 Å². The van der Waals surface area contributed by atoms with E-state index >= 15 is 0 Å². The number of hydrogen-bond donors (Lipinski definition) is 0. The number of ether oxygens (including phenoxy) is 1. The summed E-state index contributed by atoms with van der Waals surface area (Å²) in [5.74, 6) is 0.734. The van der Waals surface area contributed by atoms with Crippen molar-refractivity contribution in [1.82, 2.24) is 4.90 Å². The molecule has 2 aromatic rings. The summed E-state index contributed by atoms with van der Waals surface area (Å²) in [5.41, 5.74) is 3.40. The molecule has 2 aliphatic rings. The van der Waals surface area contributed by atoms with E-state index in [-0.39, 0.29) is 23.5 Å². The van der Waals surface area contributed by atoms with Gasteiger partial charge in [0.15, 0.2) is 5.17 Å². The molecule has 0 unspecified atom stereocenters. The molecule has 6 heteroatoms. The Morgan fingerprint density at radius 3 is 2.58 bits per heavy atom. The lowest BCUT2D eigenvalue weighted by atomic mass is 9.94. The number of carbonyl (C=O) groups is 1. The molecule has 1 saturated carbocycles. The van der Waals surface area contributed by atoms with Crippen molar-refractivity contribution in [2.45, 2.75) is 64.8 Å². The number of para-hydroxylation sites is 1. The van der Waals surface area contributed by atoms with Crippen molar-refractivity contribution >= 4 is 34.6 Å². The summed E-state index contributed by atoms with van der Waals surface area (Å²) < 4.78 is 19.9. The molecule has 0 N–H and O–H groups in total. The van der Waals surface area contributed by atoms with Gasteiger partial charge in [0.25, 0.3) is 5.91 Å². The van der Waals surface area contributed by atoms with Crippen LogP contribution in [0.15, 0.2) is 46.3 Å². The van der Waals surface area contributed by atoms with Crippen LogP contribution in [-0.2, 0) is 4.79 Å². The van der Waals surface area contributed by atoms with Gasteiger partial charge in [-0.25, -0.2) is 9.38 Å². The molecule has 0 spiro atoms. The number of rotatable bonds is 5. The molecule has 1 amide bonds. The van der Waals surface area contributed by atoms with Gasteiger partial charge in [0, 0.05) is 6.04 Å². The second kappa shape index (κ2) is 10.1. The third-order valence-electron chi connectivity index (χ3n) is 6.37. The summed E-state index contributed by atoms with van der Waals surface area (Å²) in [7, 11) is 1.68.